The van der Waals surface area contributed by atoms with Crippen LogP contribution in [0.1, 0.15) is 29.3 Å². The average molecular weight is 265 g/mol. The smallest absolute Gasteiger partial charge is 0.254 e. The van der Waals surface area contributed by atoms with Crippen LogP contribution >= 0.6 is 11.8 Å². The lowest BCUT2D eigenvalue weighted by Gasteiger charge is -2.32. The van der Waals surface area contributed by atoms with Gasteiger partial charge in [-0.1, -0.05) is 13.0 Å². The van der Waals surface area contributed by atoms with Crippen LogP contribution in [0.15, 0.2) is 18.2 Å². The first-order valence-corrected chi connectivity index (χ1v) is 7.37. The molecule has 1 saturated heterocycles. The van der Waals surface area contributed by atoms with Gasteiger partial charge in [0.1, 0.15) is 5.75 Å². The maximum atomic E-state index is 12.3. The van der Waals surface area contributed by atoms with E-state index in [1.807, 2.05) is 23.6 Å². The van der Waals surface area contributed by atoms with Crippen molar-refractivity contribution in [3.05, 3.63) is 29.3 Å². The van der Waals surface area contributed by atoms with Gasteiger partial charge < -0.3 is 10.0 Å². The summed E-state index contributed by atoms with van der Waals surface area (Å²) in [5.41, 5.74) is 1.38. The number of rotatable bonds is 2. The number of phenolic OH excluding ortho intramolecular Hbond substituents is 1. The van der Waals surface area contributed by atoms with Crippen LogP contribution in [0.2, 0.25) is 0 Å². The van der Waals surface area contributed by atoms with E-state index >= 15 is 0 Å². The number of nitrogens with zero attached hydrogens (tertiary/aromatic N) is 1. The molecule has 1 N–H and O–H groups in total. The molecule has 0 aromatic heterocycles. The van der Waals surface area contributed by atoms with Crippen molar-refractivity contribution >= 4 is 17.7 Å². The van der Waals surface area contributed by atoms with Gasteiger partial charge in [-0.3, -0.25) is 4.79 Å². The number of aromatic hydroxyl groups is 1. The molecule has 2 rings (SSSR count). The molecule has 0 saturated carbocycles. The topological polar surface area (TPSA) is 40.5 Å². The zero-order valence-electron chi connectivity index (χ0n) is 10.8. The van der Waals surface area contributed by atoms with Crippen molar-refractivity contribution in [1.82, 2.24) is 4.90 Å². The highest BCUT2D eigenvalue weighted by Gasteiger charge is 2.24. The number of hydrogen-bond acceptors (Lipinski definition) is 3. The predicted molar refractivity (Wildman–Crippen MR) is 75.3 cm³/mol. The number of aryl methyl sites for hydroxylation is 1. The van der Waals surface area contributed by atoms with E-state index < -0.39 is 0 Å². The van der Waals surface area contributed by atoms with Gasteiger partial charge in [0.05, 0.1) is 0 Å². The highest BCUT2D eigenvalue weighted by molar-refractivity contribution is 8.00. The maximum absolute atomic E-state index is 12.3. The second-order valence-corrected chi connectivity index (χ2v) is 6.06. The van der Waals surface area contributed by atoms with Crippen molar-refractivity contribution in [3.63, 3.8) is 0 Å². The van der Waals surface area contributed by atoms with Gasteiger partial charge in [0, 0.05) is 29.7 Å². The third kappa shape index (κ3) is 2.80. The molecule has 1 aromatic rings. The Labute approximate surface area is 112 Å². The van der Waals surface area contributed by atoms with Gasteiger partial charge in [0.25, 0.3) is 5.91 Å². The van der Waals surface area contributed by atoms with E-state index in [0.717, 1.165) is 30.8 Å². The molecule has 3 nitrogen and oxygen atoms in total. The summed E-state index contributed by atoms with van der Waals surface area (Å²) in [7, 11) is 0. The van der Waals surface area contributed by atoms with Crippen LogP contribution in [0.25, 0.3) is 0 Å². The molecule has 0 radical (unpaired) electrons. The Morgan fingerprint density at radius 2 is 2.33 bits per heavy atom. The second kappa shape index (κ2) is 5.65. The number of phenols is 1. The first kappa shape index (κ1) is 13.3. The van der Waals surface area contributed by atoms with Gasteiger partial charge in [-0.2, -0.15) is 11.8 Å². The lowest BCUT2D eigenvalue weighted by molar-refractivity contribution is 0.0760. The molecular formula is C14H19NO2S. The summed E-state index contributed by atoms with van der Waals surface area (Å²) in [5.74, 6) is 1.23. The minimum atomic E-state index is 0.0315. The van der Waals surface area contributed by atoms with Gasteiger partial charge in [-0.05, 0) is 31.0 Å². The molecule has 1 heterocycles. The Morgan fingerprint density at radius 3 is 3.00 bits per heavy atom. The molecule has 1 fully saturated rings. The van der Waals surface area contributed by atoms with E-state index in [0.29, 0.717) is 10.8 Å². The number of hydrogen-bond donors (Lipinski definition) is 1. The first-order valence-electron chi connectivity index (χ1n) is 6.32. The average Bonchev–Trinajstić information content (AvgIpc) is 2.41. The molecule has 1 amide bonds. The fourth-order valence-corrected chi connectivity index (χ4v) is 3.26. The summed E-state index contributed by atoms with van der Waals surface area (Å²) in [6.07, 6.45) is 1.09. The van der Waals surface area contributed by atoms with Crippen LogP contribution in [-0.2, 0) is 0 Å². The molecule has 98 valence electrons. The third-order valence-electron chi connectivity index (χ3n) is 3.34. The second-order valence-electron chi connectivity index (χ2n) is 4.65. The van der Waals surface area contributed by atoms with Crippen LogP contribution < -0.4 is 0 Å². The maximum Gasteiger partial charge on any atom is 0.254 e. The van der Waals surface area contributed by atoms with E-state index in [9.17, 15) is 9.90 Å². The number of amides is 1. The lowest BCUT2D eigenvalue weighted by Crippen LogP contribution is -2.41. The zero-order valence-corrected chi connectivity index (χ0v) is 11.7. The fraction of sp³-hybridized carbons (Fsp3) is 0.500. The molecule has 0 spiro atoms. The largest absolute Gasteiger partial charge is 0.508 e. The van der Waals surface area contributed by atoms with E-state index in [1.165, 1.54) is 0 Å². The van der Waals surface area contributed by atoms with Gasteiger partial charge in [-0.15, -0.1) is 0 Å². The quantitative estimate of drug-likeness (QED) is 0.893. The van der Waals surface area contributed by atoms with Gasteiger partial charge in [0.15, 0.2) is 0 Å². The molecule has 1 atom stereocenters. The van der Waals surface area contributed by atoms with Gasteiger partial charge in [0.2, 0.25) is 0 Å². The highest BCUT2D eigenvalue weighted by Crippen LogP contribution is 2.24. The van der Waals surface area contributed by atoms with Crippen molar-refractivity contribution in [2.24, 2.45) is 0 Å². The number of carbonyl (C=O) groups excluding carboxylic acids is 1. The molecule has 1 aliphatic rings. The summed E-state index contributed by atoms with van der Waals surface area (Å²) in [6, 6.07) is 5.15. The normalized spacial score (nSPS) is 19.9. The van der Waals surface area contributed by atoms with Crippen LogP contribution in [0.5, 0.6) is 5.75 Å². The summed E-state index contributed by atoms with van der Waals surface area (Å²) >= 11 is 1.94. The molecule has 1 unspecified atom stereocenters. The molecule has 1 aliphatic heterocycles. The minimum Gasteiger partial charge on any atom is -0.508 e. The van der Waals surface area contributed by atoms with Crippen molar-refractivity contribution in [3.8, 4) is 5.75 Å². The Morgan fingerprint density at radius 1 is 1.56 bits per heavy atom. The SMILES string of the molecule is CCC1CN(C(=O)c2ccc(C)c(O)c2)CCS1. The summed E-state index contributed by atoms with van der Waals surface area (Å²) in [6.45, 7) is 5.60. The van der Waals surface area contributed by atoms with Crippen molar-refractivity contribution < 1.29 is 9.90 Å². The Balaban J connectivity index is 2.12. The molecule has 1 aromatic carbocycles. The molecule has 18 heavy (non-hydrogen) atoms. The summed E-state index contributed by atoms with van der Waals surface area (Å²) in [5, 5.41) is 10.2. The van der Waals surface area contributed by atoms with Crippen LogP contribution in [0, 0.1) is 6.92 Å². The summed E-state index contributed by atoms with van der Waals surface area (Å²) < 4.78 is 0. The predicted octanol–water partition coefficient (Wildman–Crippen LogP) is 2.67. The monoisotopic (exact) mass is 265 g/mol. The number of carbonyl (C=O) groups is 1. The minimum absolute atomic E-state index is 0.0315. The molecule has 0 aliphatic carbocycles. The van der Waals surface area contributed by atoms with Gasteiger partial charge >= 0.3 is 0 Å². The standard InChI is InChI=1S/C14H19NO2S/c1-3-12-9-15(6-7-18-12)14(17)11-5-4-10(2)13(16)8-11/h4-5,8,12,16H,3,6-7,9H2,1-2H3. The fourth-order valence-electron chi connectivity index (χ4n) is 2.08. The third-order valence-corrected chi connectivity index (χ3v) is 4.71. The van der Waals surface area contributed by atoms with Crippen LogP contribution in [0.4, 0.5) is 0 Å². The Kier molecular flexibility index (Phi) is 4.17. The lowest BCUT2D eigenvalue weighted by atomic mass is 10.1. The van der Waals surface area contributed by atoms with Crippen molar-refractivity contribution in [1.29, 1.82) is 0 Å². The van der Waals surface area contributed by atoms with E-state index in [4.69, 9.17) is 0 Å². The van der Waals surface area contributed by atoms with E-state index in [2.05, 4.69) is 6.92 Å². The van der Waals surface area contributed by atoms with Crippen molar-refractivity contribution in [2.75, 3.05) is 18.8 Å². The van der Waals surface area contributed by atoms with E-state index in [-0.39, 0.29) is 11.7 Å². The number of benzene rings is 1. The highest BCUT2D eigenvalue weighted by atomic mass is 32.2. The van der Waals surface area contributed by atoms with Crippen LogP contribution in [0.3, 0.4) is 0 Å². The zero-order chi connectivity index (χ0) is 13.1. The Hall–Kier alpha value is -1.16. The first-order chi connectivity index (χ1) is 8.61. The van der Waals surface area contributed by atoms with Crippen LogP contribution in [-0.4, -0.2) is 40.0 Å². The Bertz CT molecular complexity index is 447. The molecule has 4 heteroatoms. The van der Waals surface area contributed by atoms with Crippen molar-refractivity contribution in [2.45, 2.75) is 25.5 Å². The molecular weight excluding hydrogens is 246 g/mol. The number of thioether (sulfide) groups is 1. The molecule has 0 bridgehead atoms. The summed E-state index contributed by atoms with van der Waals surface area (Å²) in [4.78, 5) is 14.2. The van der Waals surface area contributed by atoms with E-state index in [1.54, 1.807) is 18.2 Å². The van der Waals surface area contributed by atoms with Gasteiger partial charge in [-0.25, -0.2) is 0 Å².